The molecule has 6 heteroatoms. The lowest BCUT2D eigenvalue weighted by molar-refractivity contribution is 0.354. The molecule has 0 atom stereocenters. The maximum atomic E-state index is 5.90. The maximum Gasteiger partial charge on any atom is 0.188 e. The molecule has 128 valence electrons. The SMILES string of the molecule is COc1ccc(CN=C(N)NCCc2ccc(C)nc2)cc1OC. The van der Waals surface area contributed by atoms with Gasteiger partial charge in [0.05, 0.1) is 20.8 Å². The number of benzene rings is 1. The van der Waals surface area contributed by atoms with Crippen molar-refractivity contribution in [3.8, 4) is 11.5 Å². The van der Waals surface area contributed by atoms with Gasteiger partial charge in [0.1, 0.15) is 0 Å². The highest BCUT2D eigenvalue weighted by Crippen LogP contribution is 2.27. The molecule has 0 unspecified atom stereocenters. The summed E-state index contributed by atoms with van der Waals surface area (Å²) < 4.78 is 10.5. The zero-order valence-corrected chi connectivity index (χ0v) is 14.4. The Bertz CT molecular complexity index is 684. The van der Waals surface area contributed by atoms with Crippen molar-refractivity contribution in [2.75, 3.05) is 20.8 Å². The Morgan fingerprint density at radius 1 is 1.12 bits per heavy atom. The molecule has 0 radical (unpaired) electrons. The molecular formula is C18H24N4O2. The van der Waals surface area contributed by atoms with Crippen LogP contribution in [-0.2, 0) is 13.0 Å². The number of nitrogens with two attached hydrogens (primary N) is 1. The van der Waals surface area contributed by atoms with Crippen LogP contribution in [0.25, 0.3) is 0 Å². The summed E-state index contributed by atoms with van der Waals surface area (Å²) in [6.45, 7) is 3.16. The van der Waals surface area contributed by atoms with Crippen LogP contribution in [0.15, 0.2) is 41.5 Å². The molecule has 2 rings (SSSR count). The van der Waals surface area contributed by atoms with Crippen LogP contribution in [0.5, 0.6) is 11.5 Å². The smallest absolute Gasteiger partial charge is 0.188 e. The molecule has 0 amide bonds. The van der Waals surface area contributed by atoms with Crippen molar-refractivity contribution < 1.29 is 9.47 Å². The molecule has 0 aliphatic rings. The molecular weight excluding hydrogens is 304 g/mol. The lowest BCUT2D eigenvalue weighted by Crippen LogP contribution is -2.33. The number of aryl methyl sites for hydroxylation is 1. The Balaban J connectivity index is 1.84. The fourth-order valence-corrected chi connectivity index (χ4v) is 2.19. The van der Waals surface area contributed by atoms with Crippen molar-refractivity contribution in [2.24, 2.45) is 10.7 Å². The van der Waals surface area contributed by atoms with Gasteiger partial charge in [-0.15, -0.1) is 0 Å². The van der Waals surface area contributed by atoms with Crippen LogP contribution >= 0.6 is 0 Å². The monoisotopic (exact) mass is 328 g/mol. The third-order valence-corrected chi connectivity index (χ3v) is 3.57. The zero-order chi connectivity index (χ0) is 17.4. The Hall–Kier alpha value is -2.76. The van der Waals surface area contributed by atoms with E-state index in [2.05, 4.69) is 21.4 Å². The summed E-state index contributed by atoms with van der Waals surface area (Å²) in [6, 6.07) is 9.77. The van der Waals surface area contributed by atoms with Crippen LogP contribution < -0.4 is 20.5 Å². The number of aromatic nitrogens is 1. The maximum absolute atomic E-state index is 5.90. The van der Waals surface area contributed by atoms with Crippen molar-refractivity contribution in [3.05, 3.63) is 53.3 Å². The van der Waals surface area contributed by atoms with E-state index in [4.69, 9.17) is 15.2 Å². The molecule has 1 heterocycles. The highest BCUT2D eigenvalue weighted by molar-refractivity contribution is 5.77. The van der Waals surface area contributed by atoms with Gasteiger partial charge in [0.15, 0.2) is 17.5 Å². The van der Waals surface area contributed by atoms with E-state index in [1.165, 1.54) is 5.56 Å². The van der Waals surface area contributed by atoms with Crippen LogP contribution in [0, 0.1) is 6.92 Å². The molecule has 0 fully saturated rings. The summed E-state index contributed by atoms with van der Waals surface area (Å²) in [7, 11) is 3.22. The minimum absolute atomic E-state index is 0.421. The van der Waals surface area contributed by atoms with E-state index in [1.54, 1.807) is 14.2 Å². The van der Waals surface area contributed by atoms with Crippen molar-refractivity contribution in [3.63, 3.8) is 0 Å². The third-order valence-electron chi connectivity index (χ3n) is 3.57. The number of methoxy groups -OCH3 is 2. The predicted octanol–water partition coefficient (Wildman–Crippen LogP) is 2.05. The molecule has 0 saturated heterocycles. The topological polar surface area (TPSA) is 81.8 Å². The first-order valence-corrected chi connectivity index (χ1v) is 7.78. The Kier molecular flexibility index (Phi) is 6.42. The predicted molar refractivity (Wildman–Crippen MR) is 95.6 cm³/mol. The normalized spacial score (nSPS) is 11.2. The fraction of sp³-hybridized carbons (Fsp3) is 0.333. The molecule has 1 aromatic heterocycles. The third kappa shape index (κ3) is 5.15. The van der Waals surface area contributed by atoms with Gasteiger partial charge in [-0.1, -0.05) is 12.1 Å². The first kappa shape index (κ1) is 17.6. The summed E-state index contributed by atoms with van der Waals surface area (Å²) in [5.74, 6) is 1.80. The average molecular weight is 328 g/mol. The van der Waals surface area contributed by atoms with Crippen LogP contribution in [0.2, 0.25) is 0 Å². The molecule has 0 saturated carbocycles. The second-order valence-corrected chi connectivity index (χ2v) is 5.38. The van der Waals surface area contributed by atoms with Gasteiger partial charge in [0, 0.05) is 18.4 Å². The van der Waals surface area contributed by atoms with E-state index >= 15 is 0 Å². The quantitative estimate of drug-likeness (QED) is 0.600. The van der Waals surface area contributed by atoms with Gasteiger partial charge >= 0.3 is 0 Å². The standard InChI is InChI=1S/C18H24N4O2/c1-13-4-5-14(11-21-13)8-9-20-18(19)22-12-15-6-7-16(23-2)17(10-15)24-3/h4-7,10-11H,8-9,12H2,1-3H3,(H3,19,20,22). The molecule has 24 heavy (non-hydrogen) atoms. The number of rotatable bonds is 7. The van der Waals surface area contributed by atoms with Gasteiger partial charge in [-0.2, -0.15) is 0 Å². The summed E-state index contributed by atoms with van der Waals surface area (Å²) in [5.41, 5.74) is 9.09. The number of nitrogens with one attached hydrogen (secondary N) is 1. The van der Waals surface area contributed by atoms with Gasteiger partial charge in [0.2, 0.25) is 0 Å². The van der Waals surface area contributed by atoms with E-state index in [-0.39, 0.29) is 0 Å². The molecule has 0 aliphatic heterocycles. The number of pyridine rings is 1. The second-order valence-electron chi connectivity index (χ2n) is 5.38. The Morgan fingerprint density at radius 2 is 1.88 bits per heavy atom. The summed E-state index contributed by atoms with van der Waals surface area (Å²) in [4.78, 5) is 8.61. The van der Waals surface area contributed by atoms with Crippen molar-refractivity contribution in [1.29, 1.82) is 0 Å². The number of nitrogens with zero attached hydrogens (tertiary/aromatic N) is 2. The number of hydrogen-bond acceptors (Lipinski definition) is 4. The minimum Gasteiger partial charge on any atom is -0.493 e. The molecule has 2 aromatic rings. The Morgan fingerprint density at radius 3 is 2.54 bits per heavy atom. The van der Waals surface area contributed by atoms with Gasteiger partial charge < -0.3 is 20.5 Å². The largest absolute Gasteiger partial charge is 0.493 e. The number of hydrogen-bond donors (Lipinski definition) is 2. The first-order chi connectivity index (χ1) is 11.6. The first-order valence-electron chi connectivity index (χ1n) is 7.78. The summed E-state index contributed by atoms with van der Waals surface area (Å²) in [5, 5.41) is 3.11. The lowest BCUT2D eigenvalue weighted by atomic mass is 10.2. The molecule has 0 aliphatic carbocycles. The highest BCUT2D eigenvalue weighted by Gasteiger charge is 2.04. The number of aliphatic imine (C=N–C) groups is 1. The summed E-state index contributed by atoms with van der Waals surface area (Å²) >= 11 is 0. The molecule has 0 bridgehead atoms. The van der Waals surface area contributed by atoms with E-state index in [1.807, 2.05) is 37.4 Å². The van der Waals surface area contributed by atoms with Crippen molar-refractivity contribution in [2.45, 2.75) is 19.9 Å². The molecule has 0 spiro atoms. The molecule has 3 N–H and O–H groups in total. The lowest BCUT2D eigenvalue weighted by Gasteiger charge is -2.09. The number of ether oxygens (including phenoxy) is 2. The zero-order valence-electron chi connectivity index (χ0n) is 14.4. The number of guanidine groups is 1. The molecule has 6 nitrogen and oxygen atoms in total. The van der Waals surface area contributed by atoms with Gasteiger partial charge in [-0.3, -0.25) is 4.98 Å². The second kappa shape index (κ2) is 8.76. The van der Waals surface area contributed by atoms with Gasteiger partial charge in [-0.25, -0.2) is 4.99 Å². The van der Waals surface area contributed by atoms with E-state index in [9.17, 15) is 0 Å². The average Bonchev–Trinajstić information content (AvgIpc) is 2.61. The highest BCUT2D eigenvalue weighted by atomic mass is 16.5. The van der Waals surface area contributed by atoms with Crippen molar-refractivity contribution >= 4 is 5.96 Å². The van der Waals surface area contributed by atoms with Crippen molar-refractivity contribution in [1.82, 2.24) is 10.3 Å². The fourth-order valence-electron chi connectivity index (χ4n) is 2.19. The van der Waals surface area contributed by atoms with E-state index < -0.39 is 0 Å². The Labute approximate surface area is 142 Å². The van der Waals surface area contributed by atoms with Gasteiger partial charge in [0.25, 0.3) is 0 Å². The van der Waals surface area contributed by atoms with E-state index in [0.717, 1.165) is 17.7 Å². The molecule has 1 aromatic carbocycles. The van der Waals surface area contributed by atoms with E-state index in [0.29, 0.717) is 30.5 Å². The minimum atomic E-state index is 0.421. The van der Waals surface area contributed by atoms with Crippen LogP contribution in [-0.4, -0.2) is 31.7 Å². The van der Waals surface area contributed by atoms with Crippen LogP contribution in [0.3, 0.4) is 0 Å². The summed E-state index contributed by atoms with van der Waals surface area (Å²) in [6.07, 6.45) is 2.73. The van der Waals surface area contributed by atoms with Gasteiger partial charge in [-0.05, 0) is 42.7 Å². The van der Waals surface area contributed by atoms with Crippen LogP contribution in [0.4, 0.5) is 0 Å². The van der Waals surface area contributed by atoms with Crippen LogP contribution in [0.1, 0.15) is 16.8 Å².